The minimum Gasteiger partial charge on any atom is -0.493 e. The molecular formula is C20H17F4N3O3. The summed E-state index contributed by atoms with van der Waals surface area (Å²) >= 11 is 0. The normalized spacial score (nSPS) is 21.0. The Hall–Kier alpha value is -3.17. The molecule has 1 saturated carbocycles. The number of carbonyl (C=O) groups excluding carboxylic acids is 1. The number of rotatable bonds is 4. The van der Waals surface area contributed by atoms with Crippen molar-refractivity contribution in [3.8, 4) is 5.75 Å². The molecule has 10 heteroatoms. The Morgan fingerprint density at radius 1 is 1.30 bits per heavy atom. The fourth-order valence-electron chi connectivity index (χ4n) is 3.95. The lowest BCUT2D eigenvalue weighted by atomic mass is 9.73. The van der Waals surface area contributed by atoms with E-state index in [9.17, 15) is 22.4 Å². The molecule has 2 atom stereocenters. The van der Waals surface area contributed by atoms with Crippen molar-refractivity contribution in [2.24, 2.45) is 5.73 Å². The third-order valence-electron chi connectivity index (χ3n) is 5.37. The Balaban J connectivity index is 1.81. The molecule has 2 N–H and O–H groups in total. The molecule has 0 spiro atoms. The van der Waals surface area contributed by atoms with Crippen molar-refractivity contribution in [3.63, 3.8) is 0 Å². The maximum absolute atomic E-state index is 14.3. The lowest BCUT2D eigenvalue weighted by molar-refractivity contribution is -0.0490. The van der Waals surface area contributed by atoms with E-state index in [1.54, 1.807) is 0 Å². The third kappa shape index (κ3) is 3.46. The summed E-state index contributed by atoms with van der Waals surface area (Å²) in [5, 5.41) is 0. The molecule has 2 heterocycles. The van der Waals surface area contributed by atoms with Crippen LogP contribution in [-0.2, 0) is 0 Å². The molecule has 4 rings (SSSR count). The number of amides is 1. The van der Waals surface area contributed by atoms with Gasteiger partial charge in [-0.2, -0.15) is 4.39 Å². The monoisotopic (exact) mass is 423 g/mol. The number of halogens is 4. The molecule has 0 radical (unpaired) electrons. The predicted octanol–water partition coefficient (Wildman–Crippen LogP) is 4.30. The van der Waals surface area contributed by atoms with Crippen LogP contribution in [0.1, 0.15) is 53.0 Å². The van der Waals surface area contributed by atoms with E-state index in [0.717, 1.165) is 6.07 Å². The number of hydrogen-bond acceptors (Lipinski definition) is 5. The second-order valence-electron chi connectivity index (χ2n) is 7.25. The van der Waals surface area contributed by atoms with E-state index in [-0.39, 0.29) is 40.4 Å². The van der Waals surface area contributed by atoms with E-state index in [2.05, 4.69) is 9.97 Å². The second kappa shape index (κ2) is 7.26. The van der Waals surface area contributed by atoms with Crippen LogP contribution in [-0.4, -0.2) is 28.9 Å². The van der Waals surface area contributed by atoms with E-state index in [0.29, 0.717) is 0 Å². The molecule has 0 unspecified atom stereocenters. The van der Waals surface area contributed by atoms with Gasteiger partial charge in [0.15, 0.2) is 23.0 Å². The number of aromatic nitrogens is 2. The van der Waals surface area contributed by atoms with E-state index in [4.69, 9.17) is 14.9 Å². The van der Waals surface area contributed by atoms with Crippen molar-refractivity contribution in [2.45, 2.75) is 37.0 Å². The van der Waals surface area contributed by atoms with Crippen LogP contribution in [0.4, 0.5) is 17.6 Å². The molecular weight excluding hydrogens is 406 g/mol. The Morgan fingerprint density at radius 2 is 2.07 bits per heavy atom. The highest BCUT2D eigenvalue weighted by Crippen LogP contribution is 2.51. The van der Waals surface area contributed by atoms with Gasteiger partial charge in [-0.1, -0.05) is 6.07 Å². The smallest absolute Gasteiger partial charge is 0.267 e. The minimum atomic E-state index is -2.98. The van der Waals surface area contributed by atoms with Gasteiger partial charge in [0.2, 0.25) is 11.7 Å². The Bertz CT molecular complexity index is 1130. The Labute approximate surface area is 168 Å². The zero-order chi connectivity index (χ0) is 21.6. The molecule has 0 aliphatic heterocycles. The van der Waals surface area contributed by atoms with Crippen molar-refractivity contribution in [1.29, 1.82) is 0 Å². The van der Waals surface area contributed by atoms with Crippen LogP contribution >= 0.6 is 0 Å². The van der Waals surface area contributed by atoms with Crippen molar-refractivity contribution in [3.05, 3.63) is 53.2 Å². The van der Waals surface area contributed by atoms with Crippen LogP contribution in [0.25, 0.3) is 11.1 Å². The van der Waals surface area contributed by atoms with Crippen molar-refractivity contribution >= 4 is 17.0 Å². The fourth-order valence-corrected chi connectivity index (χ4v) is 3.95. The van der Waals surface area contributed by atoms with E-state index in [1.165, 1.54) is 25.4 Å². The number of pyridine rings is 1. The van der Waals surface area contributed by atoms with Gasteiger partial charge in [0.05, 0.1) is 13.3 Å². The number of oxazole rings is 1. The van der Waals surface area contributed by atoms with Gasteiger partial charge < -0.3 is 14.9 Å². The number of alkyl halides is 2. The third-order valence-corrected chi connectivity index (χ3v) is 5.37. The number of ether oxygens (including phenoxy) is 1. The van der Waals surface area contributed by atoms with Gasteiger partial charge in [0.1, 0.15) is 11.2 Å². The summed E-state index contributed by atoms with van der Waals surface area (Å²) in [6, 6.07) is 3.54. The molecule has 2 aromatic heterocycles. The molecule has 1 amide bonds. The van der Waals surface area contributed by atoms with Gasteiger partial charge in [-0.05, 0) is 18.4 Å². The molecule has 1 aliphatic carbocycles. The minimum absolute atomic E-state index is 0.00965. The number of hydrogen-bond donors (Lipinski definition) is 1. The zero-order valence-corrected chi connectivity index (χ0v) is 15.8. The summed E-state index contributed by atoms with van der Waals surface area (Å²) in [5.74, 6) is -7.95. The average molecular weight is 423 g/mol. The summed E-state index contributed by atoms with van der Waals surface area (Å²) in [4.78, 5) is 19.4. The number of primary amides is 1. The molecule has 158 valence electrons. The highest BCUT2D eigenvalue weighted by molar-refractivity contribution is 5.93. The highest BCUT2D eigenvalue weighted by atomic mass is 19.3. The molecule has 1 aromatic carbocycles. The first kappa shape index (κ1) is 20.1. The van der Waals surface area contributed by atoms with E-state index < -0.39 is 48.1 Å². The summed E-state index contributed by atoms with van der Waals surface area (Å²) in [7, 11) is 1.18. The molecule has 30 heavy (non-hydrogen) atoms. The Kier molecular flexibility index (Phi) is 4.87. The number of carbonyl (C=O) groups is 1. The molecule has 0 saturated heterocycles. The standard InChI is InChI=1S/C20H17F4N3O3/c1-29-17-10(2-3-12(21)16(17)22)9-4-5-20(23,24)7-11(9)19-27-14-8-26-13(18(25)28)6-15(14)30-19/h2-3,6,8-9,11H,4-5,7H2,1H3,(H2,25,28)/t9-,11+/m0/s1. The first-order chi connectivity index (χ1) is 14.2. The summed E-state index contributed by atoms with van der Waals surface area (Å²) in [5.41, 5.74) is 5.83. The Morgan fingerprint density at radius 3 is 2.77 bits per heavy atom. The number of nitrogens with zero attached hydrogens (tertiary/aromatic N) is 2. The van der Waals surface area contributed by atoms with Crippen molar-refractivity contribution in [2.75, 3.05) is 7.11 Å². The van der Waals surface area contributed by atoms with E-state index >= 15 is 0 Å². The fraction of sp³-hybridized carbons (Fsp3) is 0.350. The predicted molar refractivity (Wildman–Crippen MR) is 97.5 cm³/mol. The van der Waals surface area contributed by atoms with Gasteiger partial charge in [-0.3, -0.25) is 4.79 Å². The maximum atomic E-state index is 14.3. The lowest BCUT2D eigenvalue weighted by Gasteiger charge is -2.35. The van der Waals surface area contributed by atoms with Crippen LogP contribution in [0, 0.1) is 11.6 Å². The number of benzene rings is 1. The first-order valence-electron chi connectivity index (χ1n) is 9.16. The van der Waals surface area contributed by atoms with Crippen LogP contribution < -0.4 is 10.5 Å². The van der Waals surface area contributed by atoms with Crippen LogP contribution in [0.5, 0.6) is 5.75 Å². The number of nitrogens with two attached hydrogens (primary N) is 1. The molecule has 0 bridgehead atoms. The van der Waals surface area contributed by atoms with Crippen molar-refractivity contribution in [1.82, 2.24) is 9.97 Å². The van der Waals surface area contributed by atoms with Gasteiger partial charge in [-0.15, -0.1) is 0 Å². The highest BCUT2D eigenvalue weighted by Gasteiger charge is 2.45. The van der Waals surface area contributed by atoms with Gasteiger partial charge in [0.25, 0.3) is 5.91 Å². The lowest BCUT2D eigenvalue weighted by Crippen LogP contribution is -2.30. The quantitative estimate of drug-likeness (QED) is 0.632. The van der Waals surface area contributed by atoms with Gasteiger partial charge in [0, 0.05) is 30.4 Å². The molecule has 6 nitrogen and oxygen atoms in total. The topological polar surface area (TPSA) is 91.2 Å². The largest absolute Gasteiger partial charge is 0.493 e. The zero-order valence-electron chi connectivity index (χ0n) is 15.8. The van der Waals surface area contributed by atoms with Gasteiger partial charge >= 0.3 is 0 Å². The van der Waals surface area contributed by atoms with Gasteiger partial charge in [-0.25, -0.2) is 23.1 Å². The van der Waals surface area contributed by atoms with E-state index in [1.807, 2.05) is 0 Å². The second-order valence-corrected chi connectivity index (χ2v) is 7.25. The number of methoxy groups -OCH3 is 1. The molecule has 1 aliphatic rings. The summed E-state index contributed by atoms with van der Waals surface area (Å²) in [6.07, 6.45) is 0.228. The first-order valence-corrected chi connectivity index (χ1v) is 9.16. The van der Waals surface area contributed by atoms with Crippen LogP contribution in [0.3, 0.4) is 0 Å². The molecule has 1 fully saturated rings. The number of fused-ring (bicyclic) bond motifs is 1. The van der Waals surface area contributed by atoms with Crippen LogP contribution in [0.2, 0.25) is 0 Å². The molecule has 3 aromatic rings. The maximum Gasteiger partial charge on any atom is 0.267 e. The summed E-state index contributed by atoms with van der Waals surface area (Å²) < 4.78 is 67.1. The summed E-state index contributed by atoms with van der Waals surface area (Å²) in [6.45, 7) is 0. The average Bonchev–Trinajstić information content (AvgIpc) is 3.13. The SMILES string of the molecule is COc1c([C@@H]2CCC(F)(F)C[C@H]2c2nc3cnc(C(N)=O)cc3o2)ccc(F)c1F. The van der Waals surface area contributed by atoms with Crippen LogP contribution in [0.15, 0.2) is 28.8 Å². The van der Waals surface area contributed by atoms with Crippen molar-refractivity contribution < 1.29 is 31.5 Å².